The van der Waals surface area contributed by atoms with Gasteiger partial charge in [0, 0.05) is 28.7 Å². The largest absolute Gasteiger partial charge is 0.324 e. The van der Waals surface area contributed by atoms with Crippen molar-refractivity contribution < 1.29 is 4.79 Å². The van der Waals surface area contributed by atoms with Crippen LogP contribution in [-0.4, -0.2) is 15.9 Å². The van der Waals surface area contributed by atoms with Crippen molar-refractivity contribution in [3.05, 3.63) is 88.7 Å². The molecule has 0 fully saturated rings. The summed E-state index contributed by atoms with van der Waals surface area (Å²) in [5, 5.41) is 3.89. The monoisotopic (exact) mass is 413 g/mol. The van der Waals surface area contributed by atoms with E-state index in [0.717, 1.165) is 10.2 Å². The second kappa shape index (κ2) is 7.27. The minimum Gasteiger partial charge on any atom is -0.324 e. The van der Waals surface area contributed by atoms with Gasteiger partial charge in [-0.05, 0) is 42.5 Å². The Kier molecular flexibility index (Phi) is 4.83. The molecular weight excluding hydrogens is 401 g/mol. The Bertz CT molecular complexity index is 1060. The van der Waals surface area contributed by atoms with Gasteiger partial charge in [-0.1, -0.05) is 41.4 Å². The van der Waals surface area contributed by atoms with E-state index in [1.165, 1.54) is 11.3 Å². The molecule has 1 aliphatic rings. The number of thiazole rings is 1. The molecule has 1 unspecified atom stereocenters. The van der Waals surface area contributed by atoms with Crippen LogP contribution < -0.4 is 5.32 Å². The SMILES string of the molecule is O=C1Nc2ccc(Cl)cc2C1(Cl)c1nc2ccccc2s1.c1ccncc1. The number of hydrogen-bond acceptors (Lipinski definition) is 4. The van der Waals surface area contributed by atoms with Crippen LogP contribution in [-0.2, 0) is 9.67 Å². The van der Waals surface area contributed by atoms with Gasteiger partial charge in [0.25, 0.3) is 5.91 Å². The smallest absolute Gasteiger partial charge is 0.257 e. The quantitative estimate of drug-likeness (QED) is 0.421. The molecule has 4 nitrogen and oxygen atoms in total. The minimum absolute atomic E-state index is 0.291. The van der Waals surface area contributed by atoms with Gasteiger partial charge < -0.3 is 5.32 Å². The van der Waals surface area contributed by atoms with E-state index < -0.39 is 4.87 Å². The summed E-state index contributed by atoms with van der Waals surface area (Å²) in [7, 11) is 0. The van der Waals surface area contributed by atoms with Gasteiger partial charge in [-0.25, -0.2) is 4.98 Å². The molecule has 1 N–H and O–H groups in total. The fourth-order valence-corrected chi connectivity index (χ4v) is 4.38. The topological polar surface area (TPSA) is 54.9 Å². The molecule has 2 aromatic carbocycles. The summed E-state index contributed by atoms with van der Waals surface area (Å²) in [6.07, 6.45) is 3.50. The van der Waals surface area contributed by atoms with Crippen LogP contribution in [0.1, 0.15) is 10.6 Å². The van der Waals surface area contributed by atoms with Gasteiger partial charge in [-0.15, -0.1) is 11.3 Å². The summed E-state index contributed by atoms with van der Waals surface area (Å²) >= 11 is 14.2. The molecule has 0 aliphatic carbocycles. The molecule has 0 saturated carbocycles. The lowest BCUT2D eigenvalue weighted by Gasteiger charge is -2.16. The Labute approximate surface area is 169 Å². The molecule has 4 aromatic rings. The number of nitrogens with one attached hydrogen (secondary N) is 1. The zero-order valence-corrected chi connectivity index (χ0v) is 16.2. The van der Waals surface area contributed by atoms with Gasteiger partial charge in [-0.3, -0.25) is 9.78 Å². The molecule has 0 saturated heterocycles. The Hall–Kier alpha value is -2.47. The molecule has 0 spiro atoms. The maximum atomic E-state index is 12.4. The fraction of sp³-hybridized carbons (Fsp3) is 0.0500. The van der Waals surface area contributed by atoms with Gasteiger partial charge in [0.2, 0.25) is 4.87 Å². The average Bonchev–Trinajstić information content (AvgIpc) is 3.24. The maximum absolute atomic E-state index is 12.4. The molecule has 0 bridgehead atoms. The number of nitrogens with zero attached hydrogens (tertiary/aromatic N) is 2. The highest BCUT2D eigenvalue weighted by atomic mass is 35.5. The zero-order valence-electron chi connectivity index (χ0n) is 13.9. The Morgan fingerprint density at radius 2 is 1.78 bits per heavy atom. The maximum Gasteiger partial charge on any atom is 0.257 e. The molecule has 1 amide bonds. The fourth-order valence-electron chi connectivity index (χ4n) is 2.79. The van der Waals surface area contributed by atoms with Gasteiger partial charge in [0.15, 0.2) is 0 Å². The van der Waals surface area contributed by atoms with E-state index in [4.69, 9.17) is 23.2 Å². The average molecular weight is 414 g/mol. The first-order chi connectivity index (χ1) is 13.1. The number of fused-ring (bicyclic) bond motifs is 2. The Morgan fingerprint density at radius 3 is 2.44 bits per heavy atom. The standard InChI is InChI=1S/C15H8Cl2N2OS.C5H5N/c16-8-5-6-10-9(7-8)15(17,13(20)18-10)14-19-11-3-1-2-4-12(11)21-14;1-2-4-6-5-3-1/h1-7H,(H,18,20);1-5H. The summed E-state index contributed by atoms with van der Waals surface area (Å²) in [4.78, 5) is 19.4. The van der Waals surface area contributed by atoms with E-state index in [1.807, 2.05) is 42.5 Å². The first-order valence-electron chi connectivity index (χ1n) is 8.10. The van der Waals surface area contributed by atoms with E-state index in [9.17, 15) is 4.79 Å². The molecule has 1 atom stereocenters. The lowest BCUT2D eigenvalue weighted by molar-refractivity contribution is -0.117. The summed E-state index contributed by atoms with van der Waals surface area (Å²) in [5.74, 6) is -0.291. The van der Waals surface area contributed by atoms with Crippen molar-refractivity contribution >= 4 is 56.3 Å². The van der Waals surface area contributed by atoms with Crippen LogP contribution in [0.2, 0.25) is 5.02 Å². The van der Waals surface area contributed by atoms with Gasteiger partial charge in [0.05, 0.1) is 10.2 Å². The molecule has 2 aromatic heterocycles. The van der Waals surface area contributed by atoms with Crippen molar-refractivity contribution in [3.63, 3.8) is 0 Å². The third kappa shape index (κ3) is 3.30. The second-order valence-corrected chi connectivity index (χ2v) is 7.85. The molecule has 1 aliphatic heterocycles. The van der Waals surface area contributed by atoms with Crippen molar-refractivity contribution in [2.45, 2.75) is 4.87 Å². The van der Waals surface area contributed by atoms with Crippen molar-refractivity contribution in [1.82, 2.24) is 9.97 Å². The highest BCUT2D eigenvalue weighted by molar-refractivity contribution is 7.19. The first-order valence-corrected chi connectivity index (χ1v) is 9.68. The van der Waals surface area contributed by atoms with Gasteiger partial charge in [0.1, 0.15) is 5.01 Å². The summed E-state index contributed by atoms with van der Waals surface area (Å²) < 4.78 is 0.996. The molecule has 0 radical (unpaired) electrons. The number of benzene rings is 2. The predicted octanol–water partition coefficient (Wildman–Crippen LogP) is 5.47. The third-order valence-electron chi connectivity index (χ3n) is 4.07. The lowest BCUT2D eigenvalue weighted by atomic mass is 10.0. The second-order valence-electron chi connectivity index (χ2n) is 5.81. The zero-order chi connectivity index (χ0) is 18.9. The normalized spacial score (nSPS) is 17.8. The number of alkyl halides is 1. The molecule has 27 heavy (non-hydrogen) atoms. The van der Waals surface area contributed by atoms with Crippen LogP contribution in [0.4, 0.5) is 5.69 Å². The number of hydrogen-bond donors (Lipinski definition) is 1. The molecule has 134 valence electrons. The van der Waals surface area contributed by atoms with E-state index >= 15 is 0 Å². The van der Waals surface area contributed by atoms with Crippen molar-refractivity contribution in [1.29, 1.82) is 0 Å². The predicted molar refractivity (Wildman–Crippen MR) is 111 cm³/mol. The third-order valence-corrected chi connectivity index (χ3v) is 6.13. The van der Waals surface area contributed by atoms with E-state index in [-0.39, 0.29) is 5.91 Å². The lowest BCUT2D eigenvalue weighted by Crippen LogP contribution is -2.29. The number of amides is 1. The van der Waals surface area contributed by atoms with Crippen molar-refractivity contribution in [2.24, 2.45) is 0 Å². The number of rotatable bonds is 1. The number of para-hydroxylation sites is 1. The van der Waals surface area contributed by atoms with Crippen LogP contribution in [0.5, 0.6) is 0 Å². The number of pyridine rings is 1. The van der Waals surface area contributed by atoms with E-state index in [1.54, 1.807) is 30.6 Å². The summed E-state index contributed by atoms with van der Waals surface area (Å²) in [6, 6.07) is 18.6. The number of anilines is 1. The van der Waals surface area contributed by atoms with E-state index in [2.05, 4.69) is 15.3 Å². The summed E-state index contributed by atoms with van der Waals surface area (Å²) in [6.45, 7) is 0. The van der Waals surface area contributed by atoms with Gasteiger partial charge >= 0.3 is 0 Å². The van der Waals surface area contributed by atoms with E-state index in [0.29, 0.717) is 21.3 Å². The Morgan fingerprint density at radius 1 is 1.00 bits per heavy atom. The van der Waals surface area contributed by atoms with Crippen molar-refractivity contribution in [2.75, 3.05) is 5.32 Å². The minimum atomic E-state index is -1.32. The number of halogens is 2. The van der Waals surface area contributed by atoms with Crippen LogP contribution in [0, 0.1) is 0 Å². The van der Waals surface area contributed by atoms with Crippen LogP contribution in [0.15, 0.2) is 73.1 Å². The highest BCUT2D eigenvalue weighted by Gasteiger charge is 2.49. The number of aromatic nitrogens is 2. The molecule has 7 heteroatoms. The molecule has 5 rings (SSSR count). The summed E-state index contributed by atoms with van der Waals surface area (Å²) in [5.41, 5.74) is 2.17. The molecule has 3 heterocycles. The Balaban J connectivity index is 0.000000257. The van der Waals surface area contributed by atoms with Crippen LogP contribution in [0.3, 0.4) is 0 Å². The number of carbonyl (C=O) groups excluding carboxylic acids is 1. The van der Waals surface area contributed by atoms with Crippen molar-refractivity contribution in [3.8, 4) is 0 Å². The van der Waals surface area contributed by atoms with Crippen LogP contribution in [0.25, 0.3) is 10.2 Å². The first kappa shape index (κ1) is 17.9. The molecular formula is C20H13Cl2N3OS. The van der Waals surface area contributed by atoms with Gasteiger partial charge in [-0.2, -0.15) is 0 Å². The van der Waals surface area contributed by atoms with Crippen LogP contribution >= 0.6 is 34.5 Å². The highest BCUT2D eigenvalue weighted by Crippen LogP contribution is 2.48. The number of carbonyl (C=O) groups is 1.